The van der Waals surface area contributed by atoms with Crippen LogP contribution in [0.2, 0.25) is 5.02 Å². The number of nitrogens with zero attached hydrogens (tertiary/aromatic N) is 3. The highest BCUT2D eigenvalue weighted by Crippen LogP contribution is 2.28. The molecule has 7 nitrogen and oxygen atoms in total. The van der Waals surface area contributed by atoms with E-state index in [2.05, 4.69) is 47.1 Å². The number of hydrogen-bond donors (Lipinski definition) is 1. The molecule has 1 N–H and O–H groups in total. The van der Waals surface area contributed by atoms with E-state index in [0.717, 1.165) is 0 Å². The van der Waals surface area contributed by atoms with Crippen LogP contribution in [-0.2, 0) is 0 Å². The highest BCUT2D eigenvalue weighted by atomic mass is 79.9. The van der Waals surface area contributed by atoms with Crippen molar-refractivity contribution in [2.45, 2.75) is 0 Å². The summed E-state index contributed by atoms with van der Waals surface area (Å²) in [5.41, 5.74) is -0.368. The third kappa shape index (κ3) is 3.55. The molecule has 2 aromatic rings. The molecule has 0 radical (unpaired) electrons. The number of anilines is 1. The van der Waals surface area contributed by atoms with Crippen molar-refractivity contribution in [1.29, 1.82) is 0 Å². The summed E-state index contributed by atoms with van der Waals surface area (Å²) in [6.45, 7) is 0. The molecule has 108 valence electrons. The van der Waals surface area contributed by atoms with Crippen LogP contribution in [0.1, 0.15) is 10.4 Å². The smallest absolute Gasteiger partial charge is 0.288 e. The molecular formula is C11H5Br2ClN4O3. The minimum atomic E-state index is -0.658. The number of carbonyl (C=O) groups is 1. The Morgan fingerprint density at radius 1 is 1.38 bits per heavy atom. The van der Waals surface area contributed by atoms with E-state index in [1.54, 1.807) is 0 Å². The molecule has 1 amide bonds. The Balaban J connectivity index is 2.33. The first-order valence-corrected chi connectivity index (χ1v) is 7.29. The predicted octanol–water partition coefficient (Wildman–Crippen LogP) is 3.82. The van der Waals surface area contributed by atoms with Gasteiger partial charge in [-0.1, -0.05) is 17.7 Å². The summed E-state index contributed by atoms with van der Waals surface area (Å²) in [6.07, 6.45) is 1.40. The monoisotopic (exact) mass is 434 g/mol. The molecule has 0 spiro atoms. The Morgan fingerprint density at radius 3 is 2.71 bits per heavy atom. The number of amides is 1. The first kappa shape index (κ1) is 15.8. The first-order chi connectivity index (χ1) is 9.90. The van der Waals surface area contributed by atoms with E-state index in [-0.39, 0.29) is 22.1 Å². The predicted molar refractivity (Wildman–Crippen MR) is 83.5 cm³/mol. The molecule has 21 heavy (non-hydrogen) atoms. The molecule has 10 heteroatoms. The van der Waals surface area contributed by atoms with Gasteiger partial charge in [-0.25, -0.2) is 9.97 Å². The van der Waals surface area contributed by atoms with E-state index < -0.39 is 10.8 Å². The van der Waals surface area contributed by atoms with Crippen molar-refractivity contribution in [3.63, 3.8) is 0 Å². The van der Waals surface area contributed by atoms with Gasteiger partial charge in [0.1, 0.15) is 14.2 Å². The van der Waals surface area contributed by atoms with Gasteiger partial charge in [0.2, 0.25) is 0 Å². The van der Waals surface area contributed by atoms with E-state index in [4.69, 9.17) is 11.6 Å². The molecule has 0 saturated heterocycles. The molecule has 0 unspecified atom stereocenters. The number of nitrogens with one attached hydrogen (secondary N) is 1. The summed E-state index contributed by atoms with van der Waals surface area (Å²) in [5.74, 6) is -0.452. The zero-order valence-electron chi connectivity index (χ0n) is 10.0. The minimum Gasteiger partial charge on any atom is -0.304 e. The quantitative estimate of drug-likeness (QED) is 0.583. The van der Waals surface area contributed by atoms with Crippen molar-refractivity contribution in [1.82, 2.24) is 9.97 Å². The number of aromatic nitrogens is 2. The van der Waals surface area contributed by atoms with Gasteiger partial charge in [0.25, 0.3) is 11.6 Å². The van der Waals surface area contributed by atoms with Crippen LogP contribution in [0, 0.1) is 10.1 Å². The molecule has 0 fully saturated rings. The average molecular weight is 436 g/mol. The highest BCUT2D eigenvalue weighted by Gasteiger charge is 2.20. The lowest BCUT2D eigenvalue weighted by atomic mass is 10.2. The fourth-order valence-electron chi connectivity index (χ4n) is 1.44. The lowest BCUT2D eigenvalue weighted by molar-refractivity contribution is -0.384. The van der Waals surface area contributed by atoms with Gasteiger partial charge in [0.05, 0.1) is 16.7 Å². The van der Waals surface area contributed by atoms with Crippen LogP contribution >= 0.6 is 43.5 Å². The maximum Gasteiger partial charge on any atom is 0.288 e. The average Bonchev–Trinajstić information content (AvgIpc) is 2.41. The second-order valence-electron chi connectivity index (χ2n) is 3.68. The number of benzene rings is 1. The summed E-state index contributed by atoms with van der Waals surface area (Å²) < 4.78 is 0.799. The van der Waals surface area contributed by atoms with Crippen molar-refractivity contribution in [2.24, 2.45) is 0 Å². The SMILES string of the molecule is O=C(Nc1ncc(Br)nc1Br)c1cccc([N+](=O)[O-])c1Cl. The molecule has 1 heterocycles. The maximum atomic E-state index is 12.1. The molecule has 0 aliphatic carbocycles. The Labute approximate surface area is 140 Å². The molecular weight excluding hydrogens is 431 g/mol. The van der Waals surface area contributed by atoms with Crippen LogP contribution in [-0.4, -0.2) is 20.8 Å². The minimum absolute atomic E-state index is 0.0255. The number of hydrogen-bond acceptors (Lipinski definition) is 5. The molecule has 2 rings (SSSR count). The fraction of sp³-hybridized carbons (Fsp3) is 0. The van der Waals surface area contributed by atoms with Crippen LogP contribution in [0.3, 0.4) is 0 Å². The first-order valence-electron chi connectivity index (χ1n) is 5.32. The molecule has 0 saturated carbocycles. The van der Waals surface area contributed by atoms with Crippen LogP contribution in [0.4, 0.5) is 11.5 Å². The van der Waals surface area contributed by atoms with Gasteiger partial charge in [-0.2, -0.15) is 0 Å². The van der Waals surface area contributed by atoms with Gasteiger partial charge in [-0.3, -0.25) is 14.9 Å². The Bertz CT molecular complexity index is 741. The molecule has 1 aromatic carbocycles. The lowest BCUT2D eigenvalue weighted by Gasteiger charge is -2.07. The standard InChI is InChI=1S/C11H5Br2ClN4O3/c12-7-4-15-10(9(13)16-7)17-11(19)5-2-1-3-6(8(5)14)18(20)21/h1-4H,(H,15,17,19). The summed E-state index contributed by atoms with van der Waals surface area (Å²) in [4.78, 5) is 30.2. The van der Waals surface area contributed by atoms with E-state index in [1.165, 1.54) is 24.4 Å². The maximum absolute atomic E-state index is 12.1. The summed E-state index contributed by atoms with van der Waals surface area (Å²) in [6, 6.07) is 3.97. The second-order valence-corrected chi connectivity index (χ2v) is 5.62. The van der Waals surface area contributed by atoms with E-state index in [1.807, 2.05) is 0 Å². The number of nitro groups is 1. The van der Waals surface area contributed by atoms with Crippen molar-refractivity contribution >= 4 is 60.9 Å². The van der Waals surface area contributed by atoms with Crippen LogP contribution < -0.4 is 5.32 Å². The normalized spacial score (nSPS) is 10.2. The van der Waals surface area contributed by atoms with Crippen LogP contribution in [0.5, 0.6) is 0 Å². The summed E-state index contributed by atoms with van der Waals surface area (Å²) >= 11 is 12.1. The molecule has 0 aliphatic heterocycles. The second kappa shape index (κ2) is 6.46. The van der Waals surface area contributed by atoms with Gasteiger partial charge in [0.15, 0.2) is 5.82 Å². The third-order valence-corrected chi connectivity index (χ3v) is 3.68. The summed E-state index contributed by atoms with van der Waals surface area (Å²) in [7, 11) is 0. The van der Waals surface area contributed by atoms with Gasteiger partial charge in [-0.15, -0.1) is 0 Å². The van der Waals surface area contributed by atoms with Crippen molar-refractivity contribution < 1.29 is 9.72 Å². The zero-order chi connectivity index (χ0) is 15.6. The Kier molecular flexibility index (Phi) is 4.86. The molecule has 0 aliphatic rings. The van der Waals surface area contributed by atoms with Crippen LogP contribution in [0.25, 0.3) is 0 Å². The lowest BCUT2D eigenvalue weighted by Crippen LogP contribution is -2.14. The topological polar surface area (TPSA) is 98.0 Å². The molecule has 1 aromatic heterocycles. The van der Waals surface area contributed by atoms with Crippen molar-refractivity contribution in [2.75, 3.05) is 5.32 Å². The third-order valence-electron chi connectivity index (χ3n) is 2.35. The largest absolute Gasteiger partial charge is 0.304 e. The number of nitro benzene ring substituents is 1. The van der Waals surface area contributed by atoms with Gasteiger partial charge in [-0.05, 0) is 37.9 Å². The van der Waals surface area contributed by atoms with Gasteiger partial charge in [0, 0.05) is 6.07 Å². The zero-order valence-corrected chi connectivity index (χ0v) is 13.9. The van der Waals surface area contributed by atoms with Crippen molar-refractivity contribution in [3.8, 4) is 0 Å². The number of carbonyl (C=O) groups excluding carboxylic acids is 1. The molecule has 0 bridgehead atoms. The fourth-order valence-corrected chi connectivity index (χ4v) is 2.63. The van der Waals surface area contributed by atoms with E-state index >= 15 is 0 Å². The van der Waals surface area contributed by atoms with Crippen LogP contribution in [0.15, 0.2) is 33.6 Å². The summed E-state index contributed by atoms with van der Waals surface area (Å²) in [5, 5.41) is 13.0. The van der Waals surface area contributed by atoms with Gasteiger partial charge < -0.3 is 5.32 Å². The van der Waals surface area contributed by atoms with E-state index in [0.29, 0.717) is 9.21 Å². The Hall–Kier alpha value is -1.58. The number of rotatable bonds is 3. The van der Waals surface area contributed by atoms with E-state index in [9.17, 15) is 14.9 Å². The molecule has 0 atom stereocenters. The Morgan fingerprint density at radius 2 is 2.10 bits per heavy atom. The highest BCUT2D eigenvalue weighted by molar-refractivity contribution is 9.11. The van der Waals surface area contributed by atoms with Crippen molar-refractivity contribution in [3.05, 3.63) is 54.3 Å². The van der Waals surface area contributed by atoms with Gasteiger partial charge >= 0.3 is 0 Å². The number of halogens is 3.